The van der Waals surface area contributed by atoms with Gasteiger partial charge in [0, 0.05) is 5.56 Å². The van der Waals surface area contributed by atoms with Crippen LogP contribution in [0.4, 0.5) is 13.2 Å². The van der Waals surface area contributed by atoms with Gasteiger partial charge in [-0.2, -0.15) is 13.2 Å². The number of carboxylic acid groups (broad SMARTS) is 1. The lowest BCUT2D eigenvalue weighted by molar-refractivity contribution is -0.254. The van der Waals surface area contributed by atoms with Crippen LogP contribution in [-0.4, -0.2) is 11.0 Å². The highest BCUT2D eigenvalue weighted by molar-refractivity contribution is 7.17. The smallest absolute Gasteiger partial charge is 0.416 e. The largest absolute Gasteiger partial charge is 0.544 e. The Labute approximate surface area is 158 Å². The molecule has 7 heteroatoms. The zero-order valence-electron chi connectivity index (χ0n) is 14.1. The first-order valence-electron chi connectivity index (χ1n) is 8.27. The van der Waals surface area contributed by atoms with Crippen LogP contribution in [0.3, 0.4) is 0 Å². The minimum Gasteiger partial charge on any atom is -0.544 e. The van der Waals surface area contributed by atoms with Crippen molar-refractivity contribution in [2.75, 3.05) is 0 Å². The lowest BCUT2D eigenvalue weighted by Gasteiger charge is -2.06. The second kappa shape index (κ2) is 7.92. The molecule has 27 heavy (non-hydrogen) atoms. The molecule has 0 radical (unpaired) electrons. The molecule has 1 aromatic heterocycles. The standard InChI is InChI=1S/C20H16F3NO2S/c21-20(22,23)15-11-9-14(10-12-15)18-24-16(17(27-18)19(25)26)8-4-7-13-5-2-1-3-6-13/h1-3,5-6,9-12H,4,7-8H2,(H,25,26)/p-1. The van der Waals surface area contributed by atoms with Crippen molar-refractivity contribution in [1.29, 1.82) is 0 Å². The summed E-state index contributed by atoms with van der Waals surface area (Å²) >= 11 is 0.926. The number of aromatic carboxylic acids is 1. The Kier molecular flexibility index (Phi) is 5.60. The Hall–Kier alpha value is -2.67. The average Bonchev–Trinajstić information content (AvgIpc) is 3.06. The number of carbonyl (C=O) groups is 1. The van der Waals surface area contributed by atoms with Gasteiger partial charge in [0.15, 0.2) is 0 Å². The van der Waals surface area contributed by atoms with Gasteiger partial charge in [0.1, 0.15) is 5.01 Å². The summed E-state index contributed by atoms with van der Waals surface area (Å²) in [4.78, 5) is 15.8. The fourth-order valence-electron chi connectivity index (χ4n) is 2.71. The van der Waals surface area contributed by atoms with Crippen molar-refractivity contribution in [2.24, 2.45) is 0 Å². The van der Waals surface area contributed by atoms with Crippen LogP contribution in [0.15, 0.2) is 54.6 Å². The zero-order chi connectivity index (χ0) is 19.4. The van der Waals surface area contributed by atoms with Gasteiger partial charge < -0.3 is 9.90 Å². The number of carboxylic acids is 1. The maximum Gasteiger partial charge on any atom is 0.416 e. The quantitative estimate of drug-likeness (QED) is 0.628. The Balaban J connectivity index is 1.77. The first kappa shape index (κ1) is 19.1. The van der Waals surface area contributed by atoms with Gasteiger partial charge in [-0.25, -0.2) is 4.98 Å². The van der Waals surface area contributed by atoms with Crippen molar-refractivity contribution >= 4 is 17.3 Å². The third-order valence-electron chi connectivity index (χ3n) is 4.06. The van der Waals surface area contributed by atoms with Crippen molar-refractivity contribution in [3.8, 4) is 10.6 Å². The molecule has 0 saturated heterocycles. The molecular weight excluding hydrogens is 375 g/mol. The van der Waals surface area contributed by atoms with Gasteiger partial charge >= 0.3 is 6.18 Å². The summed E-state index contributed by atoms with van der Waals surface area (Å²) in [6.45, 7) is 0. The lowest BCUT2D eigenvalue weighted by atomic mass is 10.1. The van der Waals surface area contributed by atoms with E-state index in [0.29, 0.717) is 29.1 Å². The number of hydrogen-bond donors (Lipinski definition) is 0. The van der Waals surface area contributed by atoms with Crippen molar-refractivity contribution in [3.63, 3.8) is 0 Å². The van der Waals surface area contributed by atoms with Crippen LogP contribution in [0.25, 0.3) is 10.6 Å². The van der Waals surface area contributed by atoms with Crippen LogP contribution < -0.4 is 5.11 Å². The molecule has 0 unspecified atom stereocenters. The number of halogens is 3. The second-order valence-electron chi connectivity index (χ2n) is 6.00. The van der Waals surface area contributed by atoms with Gasteiger partial charge in [-0.1, -0.05) is 42.5 Å². The molecule has 0 aliphatic heterocycles. The summed E-state index contributed by atoms with van der Waals surface area (Å²) in [6, 6.07) is 14.3. The molecule has 3 rings (SSSR count). The van der Waals surface area contributed by atoms with Crippen LogP contribution in [0.1, 0.15) is 32.9 Å². The highest BCUT2D eigenvalue weighted by Gasteiger charge is 2.30. The maximum absolute atomic E-state index is 12.7. The number of benzene rings is 2. The van der Waals surface area contributed by atoms with E-state index >= 15 is 0 Å². The fourth-order valence-corrected chi connectivity index (χ4v) is 3.66. The molecule has 140 valence electrons. The number of rotatable bonds is 6. The first-order valence-corrected chi connectivity index (χ1v) is 9.09. The summed E-state index contributed by atoms with van der Waals surface area (Å²) in [5.74, 6) is -1.32. The first-order chi connectivity index (χ1) is 12.8. The highest BCUT2D eigenvalue weighted by Crippen LogP contribution is 2.33. The minimum atomic E-state index is -4.42. The zero-order valence-corrected chi connectivity index (χ0v) is 14.9. The lowest BCUT2D eigenvalue weighted by Crippen LogP contribution is -2.22. The summed E-state index contributed by atoms with van der Waals surface area (Å²) in [6.07, 6.45) is -2.48. The topological polar surface area (TPSA) is 53.0 Å². The molecule has 0 aliphatic rings. The van der Waals surface area contributed by atoms with Crippen LogP contribution in [-0.2, 0) is 19.0 Å². The molecule has 0 N–H and O–H groups in total. The van der Waals surface area contributed by atoms with Gasteiger partial charge in [0.05, 0.1) is 22.1 Å². The van der Waals surface area contributed by atoms with E-state index in [0.717, 1.165) is 35.5 Å². The molecule has 3 nitrogen and oxygen atoms in total. The van der Waals surface area contributed by atoms with E-state index in [9.17, 15) is 23.1 Å². The van der Waals surface area contributed by atoms with Crippen LogP contribution in [0.5, 0.6) is 0 Å². The molecule has 1 heterocycles. The molecule has 2 aromatic carbocycles. The fraction of sp³-hybridized carbons (Fsp3) is 0.200. The third-order valence-corrected chi connectivity index (χ3v) is 5.19. The Morgan fingerprint density at radius 2 is 1.67 bits per heavy atom. The van der Waals surface area contributed by atoms with Crippen molar-refractivity contribution in [1.82, 2.24) is 4.98 Å². The SMILES string of the molecule is O=C([O-])c1sc(-c2ccc(C(F)(F)F)cc2)nc1CCCc1ccccc1. The van der Waals surface area contributed by atoms with E-state index in [1.807, 2.05) is 30.3 Å². The Bertz CT molecular complexity index is 919. The number of hydrogen-bond acceptors (Lipinski definition) is 4. The van der Waals surface area contributed by atoms with Gasteiger partial charge in [-0.3, -0.25) is 0 Å². The molecule has 0 aliphatic carbocycles. The highest BCUT2D eigenvalue weighted by atomic mass is 32.1. The summed E-state index contributed by atoms with van der Waals surface area (Å²) in [5.41, 5.74) is 1.24. The monoisotopic (exact) mass is 390 g/mol. The summed E-state index contributed by atoms with van der Waals surface area (Å²) < 4.78 is 38.0. The summed E-state index contributed by atoms with van der Waals surface area (Å²) in [7, 11) is 0. The van der Waals surface area contributed by atoms with E-state index in [1.165, 1.54) is 12.1 Å². The molecule has 0 atom stereocenters. The van der Waals surface area contributed by atoms with E-state index in [4.69, 9.17) is 0 Å². The molecule has 0 amide bonds. The Morgan fingerprint density at radius 1 is 1.00 bits per heavy atom. The van der Waals surface area contributed by atoms with E-state index < -0.39 is 17.7 Å². The molecule has 0 fully saturated rings. The predicted octanol–water partition coefficient (Wildman–Crippen LogP) is 4.37. The van der Waals surface area contributed by atoms with Gasteiger partial charge in [-0.05, 0) is 37.0 Å². The number of aromatic nitrogens is 1. The molecule has 0 bridgehead atoms. The van der Waals surface area contributed by atoms with Crippen molar-refractivity contribution in [3.05, 3.63) is 76.3 Å². The minimum absolute atomic E-state index is 0.0259. The molecule has 3 aromatic rings. The number of alkyl halides is 3. The third kappa shape index (κ3) is 4.74. The van der Waals surface area contributed by atoms with Crippen LogP contribution in [0.2, 0.25) is 0 Å². The molecular formula is C20H15F3NO2S-. The molecule has 0 saturated carbocycles. The van der Waals surface area contributed by atoms with Gasteiger partial charge in [0.25, 0.3) is 0 Å². The number of aryl methyl sites for hydroxylation is 2. The van der Waals surface area contributed by atoms with Crippen molar-refractivity contribution in [2.45, 2.75) is 25.4 Å². The van der Waals surface area contributed by atoms with Crippen LogP contribution >= 0.6 is 11.3 Å². The van der Waals surface area contributed by atoms with E-state index in [-0.39, 0.29) is 4.88 Å². The second-order valence-corrected chi connectivity index (χ2v) is 7.00. The Morgan fingerprint density at radius 3 is 2.26 bits per heavy atom. The number of carbonyl (C=O) groups excluding carboxylic acids is 1. The van der Waals surface area contributed by atoms with Crippen LogP contribution in [0, 0.1) is 0 Å². The maximum atomic E-state index is 12.7. The average molecular weight is 390 g/mol. The normalized spacial score (nSPS) is 11.5. The van der Waals surface area contributed by atoms with E-state index in [2.05, 4.69) is 4.98 Å². The van der Waals surface area contributed by atoms with Gasteiger partial charge in [-0.15, -0.1) is 11.3 Å². The number of thiazole rings is 1. The summed E-state index contributed by atoms with van der Waals surface area (Å²) in [5, 5.41) is 11.8. The van der Waals surface area contributed by atoms with Gasteiger partial charge in [0.2, 0.25) is 0 Å². The number of nitrogens with zero attached hydrogens (tertiary/aromatic N) is 1. The van der Waals surface area contributed by atoms with Crippen molar-refractivity contribution < 1.29 is 23.1 Å². The predicted molar refractivity (Wildman–Crippen MR) is 95.3 cm³/mol. The van der Waals surface area contributed by atoms with E-state index in [1.54, 1.807) is 0 Å². The molecule has 0 spiro atoms.